The number of nitrogen functional groups attached to an aromatic ring is 1. The van der Waals surface area contributed by atoms with Crippen molar-refractivity contribution in [3.63, 3.8) is 0 Å². The number of carbonyl (C=O) groups excluding carboxylic acids is 2. The highest BCUT2D eigenvalue weighted by atomic mass is 32.2. The maximum atomic E-state index is 13.9. The van der Waals surface area contributed by atoms with E-state index < -0.39 is 33.9 Å². The highest BCUT2D eigenvalue weighted by Crippen LogP contribution is 2.29. The van der Waals surface area contributed by atoms with Crippen molar-refractivity contribution < 1.29 is 28.2 Å². The van der Waals surface area contributed by atoms with E-state index in [1.807, 2.05) is 74.5 Å². The van der Waals surface area contributed by atoms with Gasteiger partial charge in [0, 0.05) is 36.3 Å². The molecule has 0 aromatic heterocycles. The van der Waals surface area contributed by atoms with E-state index in [-0.39, 0.29) is 42.2 Å². The van der Waals surface area contributed by atoms with Crippen molar-refractivity contribution in [1.29, 1.82) is 0 Å². The SMILES string of the molecule is CC(C)CN([C@H](CO)CCCCNC(=O)[C@@H](NC(=O)c1ccc(O)cc1)C(c1ccccc1)c1ccccc1)S(=O)(=O)c1ccc(N)cc1. The minimum absolute atomic E-state index is 0.0211. The van der Waals surface area contributed by atoms with Crippen LogP contribution in [0.4, 0.5) is 5.69 Å². The van der Waals surface area contributed by atoms with Gasteiger partial charge in [0.25, 0.3) is 5.91 Å². The number of aliphatic hydroxyl groups is 1. The molecule has 0 saturated heterocycles. The van der Waals surface area contributed by atoms with Gasteiger partial charge < -0.3 is 26.6 Å². The summed E-state index contributed by atoms with van der Waals surface area (Å²) in [5.41, 5.74) is 8.21. The Morgan fingerprint density at radius 2 is 1.39 bits per heavy atom. The van der Waals surface area contributed by atoms with Crippen molar-refractivity contribution in [2.75, 3.05) is 25.4 Å². The Kier molecular flexibility index (Phi) is 13.3. The third-order valence-corrected chi connectivity index (χ3v) is 10.2. The number of nitrogens with one attached hydrogen (secondary N) is 2. The molecule has 0 aliphatic carbocycles. The van der Waals surface area contributed by atoms with Crippen LogP contribution >= 0.6 is 0 Å². The minimum Gasteiger partial charge on any atom is -0.508 e. The molecule has 49 heavy (non-hydrogen) atoms. The van der Waals surface area contributed by atoms with Gasteiger partial charge in [-0.3, -0.25) is 9.59 Å². The van der Waals surface area contributed by atoms with Crippen LogP contribution in [0.15, 0.2) is 114 Å². The number of unbranched alkanes of at least 4 members (excludes halogenated alkanes) is 1. The van der Waals surface area contributed by atoms with E-state index in [2.05, 4.69) is 10.6 Å². The van der Waals surface area contributed by atoms with Gasteiger partial charge in [-0.05, 0) is 78.4 Å². The quantitative estimate of drug-likeness (QED) is 0.0780. The first-order chi connectivity index (χ1) is 23.5. The van der Waals surface area contributed by atoms with Crippen LogP contribution in [0.3, 0.4) is 0 Å². The maximum Gasteiger partial charge on any atom is 0.251 e. The van der Waals surface area contributed by atoms with E-state index >= 15 is 0 Å². The lowest BCUT2D eigenvalue weighted by atomic mass is 9.84. The number of phenolic OH excluding ortho intramolecular Hbond substituents is 1. The maximum absolute atomic E-state index is 13.9. The van der Waals surface area contributed by atoms with Crippen LogP contribution in [-0.4, -0.2) is 66.5 Å². The first-order valence-electron chi connectivity index (χ1n) is 16.5. The molecule has 0 radical (unpaired) electrons. The summed E-state index contributed by atoms with van der Waals surface area (Å²) in [6.45, 7) is 3.99. The Morgan fingerprint density at radius 1 is 0.816 bits per heavy atom. The lowest BCUT2D eigenvalue weighted by Gasteiger charge is -2.31. The van der Waals surface area contributed by atoms with Crippen molar-refractivity contribution in [3.05, 3.63) is 126 Å². The van der Waals surface area contributed by atoms with Crippen molar-refractivity contribution in [2.45, 2.75) is 56.0 Å². The van der Waals surface area contributed by atoms with E-state index in [1.54, 1.807) is 0 Å². The normalized spacial score (nSPS) is 12.9. The number of nitrogens with two attached hydrogens (primary N) is 1. The molecule has 11 heteroatoms. The summed E-state index contributed by atoms with van der Waals surface area (Å²) in [5, 5.41) is 25.9. The van der Waals surface area contributed by atoms with Crippen LogP contribution in [0.5, 0.6) is 5.75 Å². The predicted molar refractivity (Wildman–Crippen MR) is 191 cm³/mol. The number of amides is 2. The number of anilines is 1. The van der Waals surface area contributed by atoms with Gasteiger partial charge >= 0.3 is 0 Å². The van der Waals surface area contributed by atoms with Gasteiger partial charge in [-0.15, -0.1) is 0 Å². The summed E-state index contributed by atoms with van der Waals surface area (Å²) in [6.07, 6.45) is 1.42. The predicted octanol–water partition coefficient (Wildman–Crippen LogP) is 4.90. The Morgan fingerprint density at radius 3 is 1.92 bits per heavy atom. The molecule has 0 aliphatic rings. The lowest BCUT2D eigenvalue weighted by Crippen LogP contribution is -2.50. The van der Waals surface area contributed by atoms with Gasteiger partial charge in [-0.25, -0.2) is 8.42 Å². The molecular formula is C38H46N4O6S. The minimum atomic E-state index is -3.90. The molecule has 0 bridgehead atoms. The first kappa shape index (κ1) is 37.1. The Hall–Kier alpha value is -4.71. The number of hydrogen-bond donors (Lipinski definition) is 5. The van der Waals surface area contributed by atoms with E-state index in [0.29, 0.717) is 30.5 Å². The summed E-state index contributed by atoms with van der Waals surface area (Å²) in [7, 11) is -3.90. The molecule has 2 amide bonds. The molecule has 0 heterocycles. The topological polar surface area (TPSA) is 162 Å². The zero-order chi connectivity index (χ0) is 35.4. The molecule has 0 saturated carbocycles. The van der Waals surface area contributed by atoms with E-state index in [1.165, 1.54) is 52.8 Å². The number of rotatable bonds is 17. The summed E-state index contributed by atoms with van der Waals surface area (Å²) in [5.74, 6) is -1.31. The number of nitrogens with zero attached hydrogens (tertiary/aromatic N) is 1. The van der Waals surface area contributed by atoms with Crippen molar-refractivity contribution in [3.8, 4) is 5.75 Å². The number of benzene rings is 4. The Labute approximate surface area is 289 Å². The fourth-order valence-corrected chi connectivity index (χ4v) is 7.58. The Balaban J connectivity index is 1.49. The molecule has 2 atom stereocenters. The fourth-order valence-electron chi connectivity index (χ4n) is 5.77. The molecule has 0 aliphatic heterocycles. The van der Waals surface area contributed by atoms with Gasteiger partial charge in [0.1, 0.15) is 11.8 Å². The van der Waals surface area contributed by atoms with E-state index in [9.17, 15) is 28.2 Å². The summed E-state index contributed by atoms with van der Waals surface area (Å²) >= 11 is 0. The van der Waals surface area contributed by atoms with Crippen LogP contribution in [0.25, 0.3) is 0 Å². The Bertz CT molecular complexity index is 1700. The number of carbonyl (C=O) groups is 2. The molecule has 4 rings (SSSR count). The fraction of sp³-hybridized carbons (Fsp3) is 0.316. The van der Waals surface area contributed by atoms with Gasteiger partial charge in [0.15, 0.2) is 0 Å². The van der Waals surface area contributed by atoms with Crippen molar-refractivity contribution in [2.24, 2.45) is 5.92 Å². The molecule has 4 aromatic carbocycles. The second-order valence-electron chi connectivity index (χ2n) is 12.5. The zero-order valence-corrected chi connectivity index (χ0v) is 28.7. The molecule has 6 N–H and O–H groups in total. The summed E-state index contributed by atoms with van der Waals surface area (Å²) < 4.78 is 28.6. The highest BCUT2D eigenvalue weighted by Gasteiger charge is 2.34. The number of hydrogen-bond acceptors (Lipinski definition) is 7. The average Bonchev–Trinajstić information content (AvgIpc) is 3.10. The monoisotopic (exact) mass is 686 g/mol. The van der Waals surface area contributed by atoms with Gasteiger partial charge in [-0.2, -0.15) is 4.31 Å². The molecule has 10 nitrogen and oxygen atoms in total. The summed E-state index contributed by atoms with van der Waals surface area (Å²) in [6, 6.07) is 29.2. The number of aromatic hydroxyl groups is 1. The molecule has 0 unspecified atom stereocenters. The standard InChI is InChI=1S/C38H46N4O6S/c1-27(2)25-42(49(47,48)34-22-18-31(39)19-23-34)32(26-43)15-9-10-24-40-38(46)36(41-37(45)30-16-20-33(44)21-17-30)35(28-11-5-3-6-12-28)29-13-7-4-8-14-29/h3-8,11-14,16-23,27,32,35-36,43-44H,9-10,15,24-26,39H2,1-2H3,(H,40,46)(H,41,45)/t32-,36-/m0/s1. The van der Waals surface area contributed by atoms with Crippen LogP contribution < -0.4 is 16.4 Å². The van der Waals surface area contributed by atoms with E-state index in [4.69, 9.17) is 5.73 Å². The lowest BCUT2D eigenvalue weighted by molar-refractivity contribution is -0.123. The molecule has 4 aromatic rings. The van der Waals surface area contributed by atoms with Crippen LogP contribution in [0, 0.1) is 5.92 Å². The van der Waals surface area contributed by atoms with Gasteiger partial charge in [0.2, 0.25) is 15.9 Å². The van der Waals surface area contributed by atoms with Crippen molar-refractivity contribution >= 4 is 27.5 Å². The number of phenols is 1. The molecule has 260 valence electrons. The largest absolute Gasteiger partial charge is 0.508 e. The first-order valence-corrected chi connectivity index (χ1v) is 17.9. The summed E-state index contributed by atoms with van der Waals surface area (Å²) in [4.78, 5) is 27.5. The zero-order valence-electron chi connectivity index (χ0n) is 27.9. The number of sulfonamides is 1. The molecule has 0 spiro atoms. The second kappa shape index (κ2) is 17.6. The third-order valence-electron chi connectivity index (χ3n) is 8.26. The van der Waals surface area contributed by atoms with E-state index in [0.717, 1.165) is 11.1 Å². The highest BCUT2D eigenvalue weighted by molar-refractivity contribution is 7.89. The van der Waals surface area contributed by atoms with Gasteiger partial charge in [0.05, 0.1) is 11.5 Å². The van der Waals surface area contributed by atoms with Crippen LogP contribution in [-0.2, 0) is 14.8 Å². The van der Waals surface area contributed by atoms with Crippen molar-refractivity contribution in [1.82, 2.24) is 14.9 Å². The van der Waals surface area contributed by atoms with Crippen LogP contribution in [0.1, 0.15) is 60.5 Å². The molecular weight excluding hydrogens is 641 g/mol. The number of aliphatic hydroxyl groups excluding tert-OH is 1. The van der Waals surface area contributed by atoms with Crippen LogP contribution in [0.2, 0.25) is 0 Å². The van der Waals surface area contributed by atoms with Gasteiger partial charge in [-0.1, -0.05) is 80.9 Å². The molecule has 0 fully saturated rings. The smallest absolute Gasteiger partial charge is 0.251 e. The second-order valence-corrected chi connectivity index (χ2v) is 14.3. The third kappa shape index (κ3) is 10.1. The average molecular weight is 687 g/mol.